The van der Waals surface area contributed by atoms with Gasteiger partial charge in [-0.2, -0.15) is 0 Å². The Bertz CT molecular complexity index is 922. The van der Waals surface area contributed by atoms with Crippen LogP contribution in [0.15, 0.2) is 35.2 Å². The van der Waals surface area contributed by atoms with Gasteiger partial charge in [0.15, 0.2) is 0 Å². The molecule has 0 radical (unpaired) electrons. The highest BCUT2D eigenvalue weighted by atomic mass is 32.2. The van der Waals surface area contributed by atoms with Crippen molar-refractivity contribution in [1.29, 1.82) is 0 Å². The molecule has 2 aromatic rings. The number of anilines is 3. The molecule has 0 amide bonds. The highest BCUT2D eigenvalue weighted by molar-refractivity contribution is 7.93. The first-order valence-corrected chi connectivity index (χ1v) is 9.81. The quantitative estimate of drug-likeness (QED) is 0.557. The van der Waals surface area contributed by atoms with Gasteiger partial charge >= 0.3 is 0 Å². The summed E-state index contributed by atoms with van der Waals surface area (Å²) >= 11 is 0. The van der Waals surface area contributed by atoms with Gasteiger partial charge in [-0.15, -0.1) is 0 Å². The highest BCUT2D eigenvalue weighted by Gasteiger charge is 2.25. The number of phenolic OH excluding ortho intramolecular Hbond substituents is 1. The van der Waals surface area contributed by atoms with E-state index in [9.17, 15) is 13.5 Å². The van der Waals surface area contributed by atoms with Gasteiger partial charge in [0.25, 0.3) is 10.0 Å². The Morgan fingerprint density at radius 1 is 1.12 bits per heavy atom. The lowest BCUT2D eigenvalue weighted by Gasteiger charge is -2.30. The van der Waals surface area contributed by atoms with E-state index in [1.165, 1.54) is 12.1 Å². The third kappa shape index (κ3) is 3.71. The van der Waals surface area contributed by atoms with Crippen LogP contribution in [0.5, 0.6) is 5.75 Å². The molecule has 7 nitrogen and oxygen atoms in total. The second kappa shape index (κ2) is 7.05. The van der Waals surface area contributed by atoms with Gasteiger partial charge in [-0.3, -0.25) is 4.72 Å². The minimum atomic E-state index is -3.94. The third-order valence-electron chi connectivity index (χ3n) is 4.48. The van der Waals surface area contributed by atoms with Gasteiger partial charge in [0.05, 0.1) is 24.6 Å². The summed E-state index contributed by atoms with van der Waals surface area (Å²) in [7, 11) is -3.94. The van der Waals surface area contributed by atoms with Gasteiger partial charge in [-0.25, -0.2) is 8.42 Å². The fraction of sp³-hybridized carbons (Fsp3) is 0.333. The number of hydrogen-bond donors (Lipinski definition) is 3. The Balaban J connectivity index is 2.01. The van der Waals surface area contributed by atoms with E-state index in [1.807, 2.05) is 18.7 Å². The predicted octanol–water partition coefficient (Wildman–Crippen LogP) is 2.23. The lowest BCUT2D eigenvalue weighted by Crippen LogP contribution is -2.37. The molecule has 0 atom stereocenters. The Morgan fingerprint density at radius 2 is 1.77 bits per heavy atom. The molecular formula is C18H23N3O4S. The second-order valence-corrected chi connectivity index (χ2v) is 8.04. The van der Waals surface area contributed by atoms with Crippen LogP contribution in [0.2, 0.25) is 0 Å². The van der Waals surface area contributed by atoms with Crippen LogP contribution < -0.4 is 15.4 Å². The van der Waals surface area contributed by atoms with Crippen molar-refractivity contribution < 1.29 is 18.3 Å². The number of hydrogen-bond acceptors (Lipinski definition) is 6. The van der Waals surface area contributed by atoms with E-state index < -0.39 is 10.0 Å². The van der Waals surface area contributed by atoms with Crippen LogP contribution in [0.3, 0.4) is 0 Å². The first-order valence-electron chi connectivity index (χ1n) is 8.33. The maximum Gasteiger partial charge on any atom is 0.264 e. The van der Waals surface area contributed by atoms with Crippen molar-refractivity contribution >= 4 is 27.1 Å². The van der Waals surface area contributed by atoms with E-state index in [4.69, 9.17) is 10.5 Å². The third-order valence-corrected chi connectivity index (χ3v) is 5.88. The van der Waals surface area contributed by atoms with Crippen LogP contribution >= 0.6 is 0 Å². The first-order chi connectivity index (χ1) is 12.3. The molecule has 0 saturated carbocycles. The Labute approximate surface area is 153 Å². The number of nitrogens with one attached hydrogen (secondary N) is 1. The fourth-order valence-corrected chi connectivity index (χ4v) is 4.22. The van der Waals surface area contributed by atoms with Crippen molar-refractivity contribution in [2.24, 2.45) is 0 Å². The zero-order valence-corrected chi connectivity index (χ0v) is 15.6. The monoisotopic (exact) mass is 377 g/mol. The van der Waals surface area contributed by atoms with Gasteiger partial charge in [-0.1, -0.05) is 0 Å². The predicted molar refractivity (Wildman–Crippen MR) is 102 cm³/mol. The van der Waals surface area contributed by atoms with Crippen LogP contribution in [-0.4, -0.2) is 39.8 Å². The molecule has 1 fully saturated rings. The smallest absolute Gasteiger partial charge is 0.264 e. The van der Waals surface area contributed by atoms with Gasteiger partial charge in [0, 0.05) is 18.8 Å². The molecule has 1 aliphatic rings. The Kier molecular flexibility index (Phi) is 4.97. The lowest BCUT2D eigenvalue weighted by atomic mass is 10.1. The van der Waals surface area contributed by atoms with Gasteiger partial charge < -0.3 is 20.5 Å². The summed E-state index contributed by atoms with van der Waals surface area (Å²) in [6, 6.07) is 7.97. The van der Waals surface area contributed by atoms with E-state index in [0.29, 0.717) is 37.7 Å². The van der Waals surface area contributed by atoms with Crippen molar-refractivity contribution in [1.82, 2.24) is 0 Å². The molecule has 3 rings (SSSR count). The van der Waals surface area contributed by atoms with Crippen LogP contribution in [0, 0.1) is 13.8 Å². The average Bonchev–Trinajstić information content (AvgIpc) is 2.60. The van der Waals surface area contributed by atoms with E-state index in [0.717, 1.165) is 11.1 Å². The largest absolute Gasteiger partial charge is 0.506 e. The summed E-state index contributed by atoms with van der Waals surface area (Å²) in [4.78, 5) is 2.04. The fourth-order valence-electron chi connectivity index (χ4n) is 2.89. The number of ether oxygens (including phenoxy) is 1. The van der Waals surface area contributed by atoms with Crippen molar-refractivity contribution in [3.8, 4) is 5.75 Å². The topological polar surface area (TPSA) is 105 Å². The number of nitrogens with zero attached hydrogens (tertiary/aromatic N) is 1. The van der Waals surface area contributed by atoms with E-state index in [-0.39, 0.29) is 16.3 Å². The molecule has 0 unspecified atom stereocenters. The Hall–Kier alpha value is -2.45. The number of rotatable bonds is 4. The van der Waals surface area contributed by atoms with Crippen molar-refractivity contribution in [3.05, 3.63) is 41.5 Å². The summed E-state index contributed by atoms with van der Waals surface area (Å²) in [5.41, 5.74) is 8.65. The van der Waals surface area contributed by atoms with Gasteiger partial charge in [-0.05, 0) is 55.3 Å². The minimum Gasteiger partial charge on any atom is -0.506 e. The van der Waals surface area contributed by atoms with Crippen LogP contribution in [0.1, 0.15) is 11.1 Å². The molecule has 0 aliphatic carbocycles. The molecule has 1 aliphatic heterocycles. The number of morpholine rings is 1. The van der Waals surface area contributed by atoms with E-state index in [1.54, 1.807) is 18.2 Å². The molecule has 26 heavy (non-hydrogen) atoms. The van der Waals surface area contributed by atoms with Crippen LogP contribution in [-0.2, 0) is 14.8 Å². The number of benzene rings is 2. The van der Waals surface area contributed by atoms with E-state index in [2.05, 4.69) is 4.72 Å². The van der Waals surface area contributed by atoms with Gasteiger partial charge in [0.1, 0.15) is 10.6 Å². The minimum absolute atomic E-state index is 0.0806. The summed E-state index contributed by atoms with van der Waals surface area (Å²) in [6.07, 6.45) is 0. The molecule has 8 heteroatoms. The average molecular weight is 377 g/mol. The van der Waals surface area contributed by atoms with Gasteiger partial charge in [0.2, 0.25) is 0 Å². The summed E-state index contributed by atoms with van der Waals surface area (Å²) in [6.45, 7) is 5.97. The normalized spacial score (nSPS) is 15.1. The van der Waals surface area contributed by atoms with Crippen LogP contribution in [0.25, 0.3) is 0 Å². The maximum atomic E-state index is 13.0. The van der Waals surface area contributed by atoms with Crippen molar-refractivity contribution in [2.75, 3.05) is 41.7 Å². The van der Waals surface area contributed by atoms with Crippen LogP contribution in [0.4, 0.5) is 17.1 Å². The lowest BCUT2D eigenvalue weighted by molar-refractivity contribution is 0.122. The molecule has 0 aromatic heterocycles. The molecule has 1 heterocycles. The second-order valence-electron chi connectivity index (χ2n) is 6.39. The zero-order valence-electron chi connectivity index (χ0n) is 14.8. The number of nitrogen functional groups attached to an aromatic ring is 1. The highest BCUT2D eigenvalue weighted by Crippen LogP contribution is 2.33. The summed E-state index contributed by atoms with van der Waals surface area (Å²) in [5, 5.41) is 10.1. The Morgan fingerprint density at radius 3 is 2.46 bits per heavy atom. The molecule has 2 aromatic carbocycles. The molecule has 0 bridgehead atoms. The standard InChI is InChI=1S/C18H23N3O4S/c1-12-9-15(17(22)10-13(12)2)20-26(23,24)18-11-14(19)3-4-16(18)21-5-7-25-8-6-21/h3-4,9-11,20,22H,5-8,19H2,1-2H3. The number of sulfonamides is 1. The number of aromatic hydroxyl groups is 1. The zero-order chi connectivity index (χ0) is 18.9. The molecule has 0 spiro atoms. The van der Waals surface area contributed by atoms with E-state index >= 15 is 0 Å². The maximum absolute atomic E-state index is 13.0. The van der Waals surface area contributed by atoms with Crippen molar-refractivity contribution in [2.45, 2.75) is 18.7 Å². The number of nitrogens with two attached hydrogens (primary N) is 1. The molecule has 140 valence electrons. The number of aryl methyl sites for hydroxylation is 2. The number of phenols is 1. The van der Waals surface area contributed by atoms with Crippen molar-refractivity contribution in [3.63, 3.8) is 0 Å². The summed E-state index contributed by atoms with van der Waals surface area (Å²) in [5.74, 6) is -0.117. The first kappa shape index (κ1) is 18.3. The SMILES string of the molecule is Cc1cc(O)c(NS(=O)(=O)c2cc(N)ccc2N2CCOCC2)cc1C. The molecule has 4 N–H and O–H groups in total. The summed E-state index contributed by atoms with van der Waals surface area (Å²) < 4.78 is 33.9. The molecule has 1 saturated heterocycles. The molecular weight excluding hydrogens is 354 g/mol.